The topological polar surface area (TPSA) is 38.7 Å². The zero-order chi connectivity index (χ0) is 12.1. The summed E-state index contributed by atoms with van der Waals surface area (Å²) in [5.41, 5.74) is 0.769. The fraction of sp³-hybridized carbons (Fsp3) is 0.538. The Morgan fingerprint density at radius 3 is 2.25 bits per heavy atom. The van der Waals surface area contributed by atoms with Crippen molar-refractivity contribution in [3.63, 3.8) is 0 Å². The summed E-state index contributed by atoms with van der Waals surface area (Å²) in [4.78, 5) is 0. The van der Waals surface area contributed by atoms with Crippen LogP contribution in [0.2, 0.25) is 0 Å². The lowest BCUT2D eigenvalue weighted by Gasteiger charge is -2.26. The van der Waals surface area contributed by atoms with E-state index in [4.69, 9.17) is 9.47 Å². The average molecular weight is 224 g/mol. The highest BCUT2D eigenvalue weighted by atomic mass is 16.5. The van der Waals surface area contributed by atoms with E-state index < -0.39 is 6.10 Å². The Labute approximate surface area is 97.0 Å². The van der Waals surface area contributed by atoms with Crippen molar-refractivity contribution in [2.45, 2.75) is 26.1 Å². The van der Waals surface area contributed by atoms with Gasteiger partial charge in [0.15, 0.2) is 0 Å². The van der Waals surface area contributed by atoms with Gasteiger partial charge < -0.3 is 14.6 Å². The molecule has 3 heteroatoms. The van der Waals surface area contributed by atoms with E-state index in [1.807, 2.05) is 38.1 Å². The smallest absolute Gasteiger partial charge is 0.124 e. The summed E-state index contributed by atoms with van der Waals surface area (Å²) in [5.74, 6) is 0.933. The summed E-state index contributed by atoms with van der Waals surface area (Å²) in [6.45, 7) is 4.04. The van der Waals surface area contributed by atoms with Gasteiger partial charge in [-0.05, 0) is 12.0 Å². The van der Waals surface area contributed by atoms with Crippen LogP contribution in [0, 0.1) is 5.92 Å². The van der Waals surface area contributed by atoms with E-state index in [0.29, 0.717) is 5.75 Å². The van der Waals surface area contributed by atoms with Gasteiger partial charge in [0.2, 0.25) is 0 Å². The van der Waals surface area contributed by atoms with Gasteiger partial charge in [0, 0.05) is 12.7 Å². The molecule has 0 fully saturated rings. The SMILES string of the molecule is COc1ccccc1C(O)C(OC)C(C)C. The molecule has 2 atom stereocenters. The van der Waals surface area contributed by atoms with Crippen molar-refractivity contribution in [2.24, 2.45) is 5.92 Å². The van der Waals surface area contributed by atoms with Gasteiger partial charge in [0.1, 0.15) is 11.9 Å². The second-order valence-electron chi connectivity index (χ2n) is 4.13. The molecule has 1 aromatic carbocycles. The van der Waals surface area contributed by atoms with Crippen LogP contribution in [0.5, 0.6) is 5.75 Å². The molecule has 2 unspecified atom stereocenters. The molecule has 0 heterocycles. The number of hydrogen-bond acceptors (Lipinski definition) is 3. The monoisotopic (exact) mass is 224 g/mol. The van der Waals surface area contributed by atoms with Crippen molar-refractivity contribution in [1.29, 1.82) is 0 Å². The summed E-state index contributed by atoms with van der Waals surface area (Å²) >= 11 is 0. The number of methoxy groups -OCH3 is 2. The van der Waals surface area contributed by atoms with Crippen molar-refractivity contribution in [1.82, 2.24) is 0 Å². The van der Waals surface area contributed by atoms with Crippen LogP contribution in [0.3, 0.4) is 0 Å². The van der Waals surface area contributed by atoms with Crippen LogP contribution >= 0.6 is 0 Å². The van der Waals surface area contributed by atoms with E-state index in [2.05, 4.69) is 0 Å². The van der Waals surface area contributed by atoms with E-state index in [-0.39, 0.29) is 12.0 Å². The Morgan fingerprint density at radius 2 is 1.75 bits per heavy atom. The summed E-state index contributed by atoms with van der Waals surface area (Å²) in [7, 11) is 3.21. The predicted octanol–water partition coefficient (Wildman–Crippen LogP) is 2.40. The molecular formula is C13H20O3. The molecule has 1 aromatic rings. The zero-order valence-corrected chi connectivity index (χ0v) is 10.3. The lowest BCUT2D eigenvalue weighted by molar-refractivity contribution is -0.0398. The Morgan fingerprint density at radius 1 is 1.12 bits per heavy atom. The van der Waals surface area contributed by atoms with Crippen LogP contribution in [0.4, 0.5) is 0 Å². The van der Waals surface area contributed by atoms with E-state index in [1.54, 1.807) is 14.2 Å². The minimum atomic E-state index is -0.666. The number of hydrogen-bond donors (Lipinski definition) is 1. The number of ether oxygens (including phenoxy) is 2. The first-order chi connectivity index (χ1) is 7.61. The molecule has 0 saturated carbocycles. The van der Waals surface area contributed by atoms with Gasteiger partial charge in [-0.1, -0.05) is 32.0 Å². The molecule has 16 heavy (non-hydrogen) atoms. The van der Waals surface area contributed by atoms with Gasteiger partial charge in [0.05, 0.1) is 13.2 Å². The minimum Gasteiger partial charge on any atom is -0.496 e. The summed E-state index contributed by atoms with van der Waals surface area (Å²) in [6.07, 6.45) is -0.891. The van der Waals surface area contributed by atoms with E-state index in [0.717, 1.165) is 5.56 Å². The summed E-state index contributed by atoms with van der Waals surface area (Å²) < 4.78 is 10.5. The molecule has 0 aromatic heterocycles. The average Bonchev–Trinajstić information content (AvgIpc) is 2.29. The standard InChI is InChI=1S/C13H20O3/c1-9(2)13(16-4)12(14)10-7-5-6-8-11(10)15-3/h5-9,12-14H,1-4H3. The van der Waals surface area contributed by atoms with E-state index >= 15 is 0 Å². The normalized spacial score (nSPS) is 14.9. The molecular weight excluding hydrogens is 204 g/mol. The Hall–Kier alpha value is -1.06. The maximum Gasteiger partial charge on any atom is 0.124 e. The molecule has 0 bridgehead atoms. The molecule has 0 radical (unpaired) electrons. The lowest BCUT2D eigenvalue weighted by atomic mass is 9.95. The molecule has 3 nitrogen and oxygen atoms in total. The fourth-order valence-corrected chi connectivity index (χ4v) is 1.85. The van der Waals surface area contributed by atoms with Crippen LogP contribution in [-0.2, 0) is 4.74 Å². The van der Waals surface area contributed by atoms with E-state index in [9.17, 15) is 5.11 Å². The quantitative estimate of drug-likeness (QED) is 0.834. The summed E-state index contributed by atoms with van der Waals surface area (Å²) in [6, 6.07) is 7.46. The van der Waals surface area contributed by atoms with Gasteiger partial charge in [-0.2, -0.15) is 0 Å². The lowest BCUT2D eigenvalue weighted by Crippen LogP contribution is -2.26. The second-order valence-corrected chi connectivity index (χ2v) is 4.13. The number of aliphatic hydroxyl groups excluding tert-OH is 1. The molecule has 90 valence electrons. The van der Waals surface area contributed by atoms with Crippen molar-refractivity contribution in [3.05, 3.63) is 29.8 Å². The van der Waals surface area contributed by atoms with Crippen LogP contribution < -0.4 is 4.74 Å². The number of benzene rings is 1. The molecule has 0 aliphatic heterocycles. The van der Waals surface area contributed by atoms with E-state index in [1.165, 1.54) is 0 Å². The fourth-order valence-electron chi connectivity index (χ4n) is 1.85. The third-order valence-electron chi connectivity index (χ3n) is 2.70. The molecule has 0 aliphatic rings. The highest BCUT2D eigenvalue weighted by Gasteiger charge is 2.25. The maximum atomic E-state index is 10.3. The number of para-hydroxylation sites is 1. The van der Waals surface area contributed by atoms with Crippen LogP contribution in [0.1, 0.15) is 25.5 Å². The van der Waals surface area contributed by atoms with Gasteiger partial charge in [-0.25, -0.2) is 0 Å². The zero-order valence-electron chi connectivity index (χ0n) is 10.3. The Balaban J connectivity index is 2.98. The molecule has 1 N–H and O–H groups in total. The Kier molecular flexibility index (Phi) is 4.77. The minimum absolute atomic E-state index is 0.226. The van der Waals surface area contributed by atoms with Gasteiger partial charge in [-0.3, -0.25) is 0 Å². The third kappa shape index (κ3) is 2.74. The molecule has 0 saturated heterocycles. The van der Waals surface area contributed by atoms with Crippen LogP contribution in [0.25, 0.3) is 0 Å². The molecule has 1 rings (SSSR count). The third-order valence-corrected chi connectivity index (χ3v) is 2.70. The van der Waals surface area contributed by atoms with Gasteiger partial charge in [0.25, 0.3) is 0 Å². The van der Waals surface area contributed by atoms with Crippen LogP contribution in [0.15, 0.2) is 24.3 Å². The largest absolute Gasteiger partial charge is 0.496 e. The first-order valence-electron chi connectivity index (χ1n) is 5.45. The highest BCUT2D eigenvalue weighted by molar-refractivity contribution is 5.35. The second kappa shape index (κ2) is 5.87. The maximum absolute atomic E-state index is 10.3. The van der Waals surface area contributed by atoms with Crippen molar-refractivity contribution in [2.75, 3.05) is 14.2 Å². The predicted molar refractivity (Wildman–Crippen MR) is 63.6 cm³/mol. The molecule has 0 spiro atoms. The van der Waals surface area contributed by atoms with Crippen molar-refractivity contribution < 1.29 is 14.6 Å². The number of aliphatic hydroxyl groups is 1. The molecule has 0 aliphatic carbocycles. The first-order valence-corrected chi connectivity index (χ1v) is 5.45. The summed E-state index contributed by atoms with van der Waals surface area (Å²) in [5, 5.41) is 10.3. The molecule has 0 amide bonds. The highest BCUT2D eigenvalue weighted by Crippen LogP contribution is 2.30. The van der Waals surface area contributed by atoms with Crippen molar-refractivity contribution >= 4 is 0 Å². The van der Waals surface area contributed by atoms with Crippen LogP contribution in [-0.4, -0.2) is 25.4 Å². The Bertz CT molecular complexity index is 323. The number of rotatable bonds is 5. The van der Waals surface area contributed by atoms with Gasteiger partial charge >= 0.3 is 0 Å². The van der Waals surface area contributed by atoms with Gasteiger partial charge in [-0.15, -0.1) is 0 Å². The van der Waals surface area contributed by atoms with Crippen molar-refractivity contribution in [3.8, 4) is 5.75 Å². The first kappa shape index (κ1) is 13.0.